The summed E-state index contributed by atoms with van der Waals surface area (Å²) in [5.74, 6) is -1.11. The van der Waals surface area contributed by atoms with Crippen molar-refractivity contribution in [2.75, 3.05) is 5.32 Å². The number of anilines is 1. The van der Waals surface area contributed by atoms with Gasteiger partial charge in [0.25, 0.3) is 5.91 Å². The number of hydrogen-bond acceptors (Lipinski definition) is 6. The predicted octanol–water partition coefficient (Wildman–Crippen LogP) is 4.60. The molecular weight excluding hydrogens is 515 g/mol. The molecule has 2 aromatic carbocycles. The van der Waals surface area contributed by atoms with Crippen LogP contribution in [0.2, 0.25) is 10.0 Å². The third-order valence-electron chi connectivity index (χ3n) is 6.42. The number of carboxylic acid groups (broad SMARTS) is 1. The Bertz CT molecular complexity index is 1250. The van der Waals surface area contributed by atoms with Gasteiger partial charge in [-0.25, -0.2) is 14.8 Å². The molecule has 37 heavy (non-hydrogen) atoms. The molecule has 8 nitrogen and oxygen atoms in total. The van der Waals surface area contributed by atoms with E-state index in [1.807, 2.05) is 12.1 Å². The molecule has 4 rings (SSSR count). The van der Waals surface area contributed by atoms with Crippen LogP contribution in [-0.4, -0.2) is 44.8 Å². The van der Waals surface area contributed by atoms with Crippen molar-refractivity contribution >= 4 is 46.8 Å². The van der Waals surface area contributed by atoms with Gasteiger partial charge in [-0.15, -0.1) is 0 Å². The van der Waals surface area contributed by atoms with Crippen molar-refractivity contribution in [3.63, 3.8) is 0 Å². The molecule has 0 radical (unpaired) electrons. The number of carboxylic acids is 1. The van der Waals surface area contributed by atoms with E-state index in [0.717, 1.165) is 24.8 Å². The van der Waals surface area contributed by atoms with Crippen LogP contribution in [0.1, 0.15) is 40.7 Å². The van der Waals surface area contributed by atoms with Crippen LogP contribution in [0.4, 0.5) is 5.95 Å². The van der Waals surface area contributed by atoms with Gasteiger partial charge in [0.15, 0.2) is 0 Å². The van der Waals surface area contributed by atoms with Gasteiger partial charge in [-0.3, -0.25) is 9.59 Å². The van der Waals surface area contributed by atoms with Gasteiger partial charge >= 0.3 is 5.97 Å². The fraction of sp³-hybridized carbons (Fsp3) is 0.296. The Balaban J connectivity index is 1.31. The summed E-state index contributed by atoms with van der Waals surface area (Å²) >= 11 is 12.1. The van der Waals surface area contributed by atoms with Crippen LogP contribution in [0.15, 0.2) is 60.9 Å². The van der Waals surface area contributed by atoms with Crippen LogP contribution in [0.5, 0.6) is 0 Å². The molecule has 0 saturated heterocycles. The predicted molar refractivity (Wildman–Crippen MR) is 141 cm³/mol. The molecule has 1 aliphatic carbocycles. The first-order valence-electron chi connectivity index (χ1n) is 11.9. The largest absolute Gasteiger partial charge is 0.480 e. The van der Waals surface area contributed by atoms with Gasteiger partial charge in [-0.2, -0.15) is 0 Å². The van der Waals surface area contributed by atoms with E-state index in [1.165, 1.54) is 12.1 Å². The fourth-order valence-corrected chi connectivity index (χ4v) is 5.05. The molecule has 0 spiro atoms. The van der Waals surface area contributed by atoms with Crippen molar-refractivity contribution in [3.8, 4) is 0 Å². The molecule has 192 valence electrons. The van der Waals surface area contributed by atoms with Crippen LogP contribution < -0.4 is 10.6 Å². The number of nitrogens with one attached hydrogen (secondary N) is 2. The zero-order valence-electron chi connectivity index (χ0n) is 19.9. The molecule has 10 heteroatoms. The van der Waals surface area contributed by atoms with E-state index in [4.69, 9.17) is 23.2 Å². The minimum Gasteiger partial charge on any atom is -0.480 e. The number of aliphatic carboxylic acids is 1. The number of carbonyl (C=O) groups is 3. The first kappa shape index (κ1) is 26.6. The average Bonchev–Trinajstić information content (AvgIpc) is 3.34. The van der Waals surface area contributed by atoms with Gasteiger partial charge in [-0.1, -0.05) is 53.5 Å². The van der Waals surface area contributed by atoms with E-state index < -0.39 is 17.9 Å². The van der Waals surface area contributed by atoms with E-state index in [9.17, 15) is 19.5 Å². The Morgan fingerprint density at radius 1 is 0.946 bits per heavy atom. The van der Waals surface area contributed by atoms with Gasteiger partial charge in [0, 0.05) is 37.2 Å². The molecule has 1 heterocycles. The van der Waals surface area contributed by atoms with Crippen LogP contribution in [0.3, 0.4) is 0 Å². The molecule has 1 aromatic heterocycles. The van der Waals surface area contributed by atoms with Crippen LogP contribution in [0, 0.1) is 5.92 Å². The summed E-state index contributed by atoms with van der Waals surface area (Å²) < 4.78 is 0. The Morgan fingerprint density at radius 2 is 1.59 bits per heavy atom. The highest BCUT2D eigenvalue weighted by molar-refractivity contribution is 6.39. The van der Waals surface area contributed by atoms with Crippen LogP contribution in [0.25, 0.3) is 0 Å². The van der Waals surface area contributed by atoms with E-state index >= 15 is 0 Å². The smallest absolute Gasteiger partial charge is 0.326 e. The molecule has 0 unspecified atom stereocenters. The van der Waals surface area contributed by atoms with Gasteiger partial charge in [0.2, 0.25) is 5.95 Å². The number of rotatable bonds is 10. The molecular formula is C27H26Cl2N4O4. The second kappa shape index (κ2) is 12.2. The quantitative estimate of drug-likeness (QED) is 0.343. The number of halogens is 2. The maximum Gasteiger partial charge on any atom is 0.326 e. The van der Waals surface area contributed by atoms with Crippen molar-refractivity contribution in [2.45, 2.75) is 44.2 Å². The summed E-state index contributed by atoms with van der Waals surface area (Å²) in [5.41, 5.74) is 1.60. The van der Waals surface area contributed by atoms with Gasteiger partial charge in [0.05, 0.1) is 15.6 Å². The molecule has 3 atom stereocenters. The van der Waals surface area contributed by atoms with Crippen molar-refractivity contribution in [1.82, 2.24) is 15.3 Å². The average molecular weight is 541 g/mol. The summed E-state index contributed by atoms with van der Waals surface area (Å²) in [6.07, 6.45) is 6.17. The summed E-state index contributed by atoms with van der Waals surface area (Å²) in [4.78, 5) is 45.7. The topological polar surface area (TPSA) is 121 Å². The Labute approximate surface area is 224 Å². The highest BCUT2D eigenvalue weighted by atomic mass is 35.5. The molecule has 0 aliphatic heterocycles. The van der Waals surface area contributed by atoms with Gasteiger partial charge < -0.3 is 15.7 Å². The molecule has 3 N–H and O–H groups in total. The number of nitrogens with zero attached hydrogens (tertiary/aromatic N) is 2. The summed E-state index contributed by atoms with van der Waals surface area (Å²) in [7, 11) is 0. The van der Waals surface area contributed by atoms with Gasteiger partial charge in [-0.05, 0) is 48.6 Å². The Morgan fingerprint density at radius 3 is 2.24 bits per heavy atom. The van der Waals surface area contributed by atoms with Gasteiger partial charge in [0.1, 0.15) is 11.8 Å². The maximum absolute atomic E-state index is 12.9. The van der Waals surface area contributed by atoms with Crippen molar-refractivity contribution in [2.24, 2.45) is 5.92 Å². The van der Waals surface area contributed by atoms with E-state index in [0.29, 0.717) is 17.9 Å². The maximum atomic E-state index is 12.9. The summed E-state index contributed by atoms with van der Waals surface area (Å²) in [6.45, 7) is 0. The lowest BCUT2D eigenvalue weighted by atomic mass is 9.95. The lowest BCUT2D eigenvalue weighted by Crippen LogP contribution is -2.42. The Hall–Kier alpha value is -3.49. The number of ketones is 1. The normalized spacial score (nSPS) is 17.7. The first-order chi connectivity index (χ1) is 17.8. The molecule has 1 amide bonds. The first-order valence-corrected chi connectivity index (χ1v) is 12.7. The third-order valence-corrected chi connectivity index (χ3v) is 7.05. The van der Waals surface area contributed by atoms with E-state index in [1.54, 1.807) is 36.7 Å². The monoisotopic (exact) mass is 540 g/mol. The fourth-order valence-electron chi connectivity index (χ4n) is 4.48. The zero-order chi connectivity index (χ0) is 26.4. The minimum atomic E-state index is -1.18. The lowest BCUT2D eigenvalue weighted by molar-refractivity contribution is -0.139. The Kier molecular flexibility index (Phi) is 8.74. The van der Waals surface area contributed by atoms with Crippen molar-refractivity contribution < 1.29 is 19.5 Å². The SMILES string of the molecule is O=C(N[C@@H](Cc1ccc(CC(=O)[C@H]2CC[C@@H](Nc3ncccn3)C2)cc1)C(=O)O)c1c(Cl)cccc1Cl. The molecule has 0 bridgehead atoms. The minimum absolute atomic E-state index is 0.0240. The van der Waals surface area contributed by atoms with Crippen molar-refractivity contribution in [3.05, 3.63) is 87.7 Å². The van der Waals surface area contributed by atoms with Crippen molar-refractivity contribution in [1.29, 1.82) is 0 Å². The van der Waals surface area contributed by atoms with Crippen LogP contribution in [-0.2, 0) is 22.4 Å². The number of carbonyl (C=O) groups excluding carboxylic acids is 2. The number of aromatic nitrogens is 2. The molecule has 1 saturated carbocycles. The molecule has 1 fully saturated rings. The summed E-state index contributed by atoms with van der Waals surface area (Å²) in [6, 6.07) is 12.6. The highest BCUT2D eigenvalue weighted by Gasteiger charge is 2.30. The molecule has 1 aliphatic rings. The lowest BCUT2D eigenvalue weighted by Gasteiger charge is -2.16. The number of Topliss-reactive ketones (excluding diaryl/α,β-unsaturated/α-hetero) is 1. The number of benzene rings is 2. The molecule has 3 aromatic rings. The van der Waals surface area contributed by atoms with Crippen LogP contribution >= 0.6 is 23.2 Å². The second-order valence-electron chi connectivity index (χ2n) is 9.05. The van der Waals surface area contributed by atoms with E-state index in [2.05, 4.69) is 20.6 Å². The number of hydrogen-bond donors (Lipinski definition) is 3. The zero-order valence-corrected chi connectivity index (χ0v) is 21.4. The summed E-state index contributed by atoms with van der Waals surface area (Å²) in [5, 5.41) is 15.7. The standard InChI is InChI=1S/C27H26Cl2N4O4/c28-20-3-1-4-21(29)24(20)25(35)33-22(26(36)37)13-16-5-7-17(8-6-16)14-23(34)18-9-10-19(15-18)32-27-30-11-2-12-31-27/h1-8,11-12,18-19,22H,9-10,13-15H2,(H,33,35)(H,36,37)(H,30,31,32)/t18-,19+,22-/m0/s1. The third kappa shape index (κ3) is 7.05. The second-order valence-corrected chi connectivity index (χ2v) is 9.86. The van der Waals surface area contributed by atoms with E-state index in [-0.39, 0.29) is 39.8 Å². The number of amides is 1. The highest BCUT2D eigenvalue weighted by Crippen LogP contribution is 2.29.